The molecule has 0 aliphatic heterocycles. The largest absolute Gasteiger partial charge is 0.497 e. The zero-order valence-electron chi connectivity index (χ0n) is 14.0. The molecule has 0 saturated heterocycles. The van der Waals surface area contributed by atoms with E-state index in [0.717, 1.165) is 35.3 Å². The summed E-state index contributed by atoms with van der Waals surface area (Å²) < 4.78 is 12.5. The number of amides is 1. The Bertz CT molecular complexity index is 805. The molecular weight excluding hydrogens is 304 g/mol. The van der Waals surface area contributed by atoms with Crippen molar-refractivity contribution in [2.24, 2.45) is 0 Å². The van der Waals surface area contributed by atoms with E-state index in [0.29, 0.717) is 6.54 Å². The summed E-state index contributed by atoms with van der Waals surface area (Å²) >= 11 is 0. The topological polar surface area (TPSA) is 56.4 Å². The first-order chi connectivity index (χ1) is 11.7. The third-order valence-electron chi connectivity index (χ3n) is 4.10. The van der Waals surface area contributed by atoms with Crippen LogP contribution in [-0.4, -0.2) is 23.6 Å². The minimum Gasteiger partial charge on any atom is -0.497 e. The first kappa shape index (κ1) is 16.2. The zero-order chi connectivity index (χ0) is 16.9. The Hall–Kier alpha value is -2.69. The summed E-state index contributed by atoms with van der Waals surface area (Å²) in [5, 5.41) is 4.10. The number of aromatic nitrogens is 1. The van der Waals surface area contributed by atoms with Gasteiger partial charge in [-0.3, -0.25) is 4.79 Å². The average molecular weight is 326 g/mol. The summed E-state index contributed by atoms with van der Waals surface area (Å²) in [6, 6.07) is 11.8. The van der Waals surface area contributed by atoms with Crippen LogP contribution in [0.4, 0.5) is 0 Å². The summed E-state index contributed by atoms with van der Waals surface area (Å²) in [6.07, 6.45) is 5.27. The van der Waals surface area contributed by atoms with Crippen LogP contribution in [0.15, 0.2) is 53.3 Å². The smallest absolute Gasteiger partial charge is 0.240 e. The predicted molar refractivity (Wildman–Crippen MR) is 93.1 cm³/mol. The second-order valence-electron chi connectivity index (χ2n) is 5.95. The van der Waals surface area contributed by atoms with Gasteiger partial charge in [0.25, 0.3) is 0 Å². The van der Waals surface area contributed by atoms with Crippen LogP contribution in [-0.2, 0) is 17.8 Å². The molecule has 2 heterocycles. The Labute approximate surface area is 141 Å². The number of furan rings is 1. The SMILES string of the molecule is COc1ccc2c(ccn2CC(=O)NC(C)CCc2ccco2)c1. The van der Waals surface area contributed by atoms with Crippen molar-refractivity contribution in [1.29, 1.82) is 0 Å². The number of aryl methyl sites for hydroxylation is 1. The van der Waals surface area contributed by atoms with Crippen molar-refractivity contribution in [3.8, 4) is 5.75 Å². The molecule has 24 heavy (non-hydrogen) atoms. The molecule has 0 saturated carbocycles. The lowest BCUT2D eigenvalue weighted by molar-refractivity contribution is -0.122. The Morgan fingerprint density at radius 3 is 2.96 bits per heavy atom. The Morgan fingerprint density at radius 1 is 1.33 bits per heavy atom. The van der Waals surface area contributed by atoms with Crippen LogP contribution in [0.2, 0.25) is 0 Å². The first-order valence-electron chi connectivity index (χ1n) is 8.10. The van der Waals surface area contributed by atoms with Gasteiger partial charge >= 0.3 is 0 Å². The van der Waals surface area contributed by atoms with Crippen LogP contribution in [0.5, 0.6) is 5.75 Å². The van der Waals surface area contributed by atoms with Gasteiger partial charge in [0.05, 0.1) is 13.4 Å². The fourth-order valence-electron chi connectivity index (χ4n) is 2.80. The highest BCUT2D eigenvalue weighted by molar-refractivity contribution is 5.84. The van der Waals surface area contributed by atoms with Gasteiger partial charge in [-0.2, -0.15) is 0 Å². The normalized spacial score (nSPS) is 12.2. The Balaban J connectivity index is 1.56. The van der Waals surface area contributed by atoms with Crippen LogP contribution in [0.1, 0.15) is 19.1 Å². The lowest BCUT2D eigenvalue weighted by atomic mass is 10.1. The summed E-state index contributed by atoms with van der Waals surface area (Å²) in [7, 11) is 1.65. The van der Waals surface area contributed by atoms with Gasteiger partial charge in [0.1, 0.15) is 18.1 Å². The molecule has 1 unspecified atom stereocenters. The summed E-state index contributed by atoms with van der Waals surface area (Å²) in [4.78, 5) is 12.3. The second kappa shape index (κ2) is 7.25. The maximum absolute atomic E-state index is 12.3. The predicted octanol–water partition coefficient (Wildman–Crippen LogP) is 3.38. The maximum Gasteiger partial charge on any atom is 0.240 e. The van der Waals surface area contributed by atoms with Crippen LogP contribution in [0.25, 0.3) is 10.9 Å². The molecule has 0 radical (unpaired) electrons. The molecule has 3 rings (SSSR count). The highest BCUT2D eigenvalue weighted by atomic mass is 16.5. The van der Waals surface area contributed by atoms with Crippen molar-refractivity contribution in [3.63, 3.8) is 0 Å². The summed E-state index contributed by atoms with van der Waals surface area (Å²) in [6.45, 7) is 2.32. The fourth-order valence-corrected chi connectivity index (χ4v) is 2.80. The molecule has 0 aliphatic rings. The highest BCUT2D eigenvalue weighted by Gasteiger charge is 2.11. The highest BCUT2D eigenvalue weighted by Crippen LogP contribution is 2.21. The van der Waals surface area contributed by atoms with Crippen molar-refractivity contribution in [1.82, 2.24) is 9.88 Å². The van der Waals surface area contributed by atoms with E-state index in [2.05, 4.69) is 5.32 Å². The number of hydrogen-bond acceptors (Lipinski definition) is 3. The van der Waals surface area contributed by atoms with Crippen LogP contribution in [0, 0.1) is 0 Å². The second-order valence-corrected chi connectivity index (χ2v) is 5.95. The number of fused-ring (bicyclic) bond motifs is 1. The van der Waals surface area contributed by atoms with Gasteiger partial charge in [-0.15, -0.1) is 0 Å². The van der Waals surface area contributed by atoms with E-state index < -0.39 is 0 Å². The number of ether oxygens (including phenoxy) is 1. The van der Waals surface area contributed by atoms with Crippen molar-refractivity contribution >= 4 is 16.8 Å². The molecule has 126 valence electrons. The van der Waals surface area contributed by atoms with Crippen LogP contribution < -0.4 is 10.1 Å². The van der Waals surface area contributed by atoms with Crippen molar-refractivity contribution in [2.75, 3.05) is 7.11 Å². The van der Waals surface area contributed by atoms with Crippen molar-refractivity contribution in [2.45, 2.75) is 32.4 Å². The Morgan fingerprint density at radius 2 is 2.21 bits per heavy atom. The number of rotatable bonds is 7. The number of methoxy groups -OCH3 is 1. The minimum atomic E-state index is 0.00950. The summed E-state index contributed by atoms with van der Waals surface area (Å²) in [5.74, 6) is 1.77. The van der Waals surface area contributed by atoms with E-state index in [9.17, 15) is 4.79 Å². The van der Waals surface area contributed by atoms with E-state index in [1.54, 1.807) is 13.4 Å². The van der Waals surface area contributed by atoms with Gasteiger partial charge in [-0.05, 0) is 49.7 Å². The minimum absolute atomic E-state index is 0.00950. The van der Waals surface area contributed by atoms with Gasteiger partial charge in [-0.1, -0.05) is 0 Å². The third kappa shape index (κ3) is 3.79. The molecule has 1 amide bonds. The van der Waals surface area contributed by atoms with Gasteiger partial charge in [0.15, 0.2) is 0 Å². The fraction of sp³-hybridized carbons (Fsp3) is 0.316. The van der Waals surface area contributed by atoms with E-state index in [1.165, 1.54) is 0 Å². The van der Waals surface area contributed by atoms with Gasteiger partial charge < -0.3 is 19.0 Å². The van der Waals surface area contributed by atoms with Crippen molar-refractivity contribution < 1.29 is 13.9 Å². The standard InChI is InChI=1S/C19H22N2O3/c1-14(5-6-16-4-3-11-24-16)20-19(22)13-21-10-9-15-12-17(23-2)7-8-18(15)21/h3-4,7-12,14H,5-6,13H2,1-2H3,(H,20,22). The number of nitrogens with zero attached hydrogens (tertiary/aromatic N) is 1. The number of benzene rings is 1. The zero-order valence-corrected chi connectivity index (χ0v) is 14.0. The molecule has 1 N–H and O–H groups in total. The summed E-state index contributed by atoms with van der Waals surface area (Å²) in [5.41, 5.74) is 1.02. The number of carbonyl (C=O) groups excluding carboxylic acids is 1. The molecule has 0 spiro atoms. The molecule has 2 aromatic heterocycles. The number of nitrogens with one attached hydrogen (secondary N) is 1. The monoisotopic (exact) mass is 326 g/mol. The molecule has 0 bridgehead atoms. The van der Waals surface area contributed by atoms with E-state index >= 15 is 0 Å². The van der Waals surface area contributed by atoms with E-state index in [4.69, 9.17) is 9.15 Å². The van der Waals surface area contributed by atoms with Crippen LogP contribution >= 0.6 is 0 Å². The van der Waals surface area contributed by atoms with Gasteiger partial charge in [0, 0.05) is 29.6 Å². The molecule has 3 aromatic rings. The van der Waals surface area contributed by atoms with Gasteiger partial charge in [0.2, 0.25) is 5.91 Å². The van der Waals surface area contributed by atoms with E-state index in [-0.39, 0.29) is 11.9 Å². The van der Waals surface area contributed by atoms with Crippen LogP contribution in [0.3, 0.4) is 0 Å². The molecule has 5 heteroatoms. The quantitative estimate of drug-likeness (QED) is 0.724. The number of hydrogen-bond donors (Lipinski definition) is 1. The maximum atomic E-state index is 12.3. The molecule has 0 fully saturated rings. The average Bonchev–Trinajstić information content (AvgIpc) is 3.22. The molecule has 5 nitrogen and oxygen atoms in total. The molecule has 1 atom stereocenters. The van der Waals surface area contributed by atoms with E-state index in [1.807, 2.05) is 54.1 Å². The first-order valence-corrected chi connectivity index (χ1v) is 8.10. The third-order valence-corrected chi connectivity index (χ3v) is 4.10. The van der Waals surface area contributed by atoms with Crippen molar-refractivity contribution in [3.05, 3.63) is 54.6 Å². The van der Waals surface area contributed by atoms with Gasteiger partial charge in [-0.25, -0.2) is 0 Å². The molecular formula is C19H22N2O3. The molecule has 0 aliphatic carbocycles. The molecule has 1 aromatic carbocycles. The lowest BCUT2D eigenvalue weighted by Crippen LogP contribution is -2.35. The lowest BCUT2D eigenvalue weighted by Gasteiger charge is -2.14. The number of carbonyl (C=O) groups is 1. The Kier molecular flexibility index (Phi) is 4.89.